The zero-order chi connectivity index (χ0) is 14.5. The molecular formula is C16H16FNO2. The molecule has 0 aliphatic heterocycles. The third-order valence-electron chi connectivity index (χ3n) is 3.13. The maximum atomic E-state index is 13.2. The number of nitrogens with one attached hydrogen (secondary N) is 1. The summed E-state index contributed by atoms with van der Waals surface area (Å²) < 4.78 is 13.2. The number of hydrogen-bond acceptors (Lipinski definition) is 2. The summed E-state index contributed by atoms with van der Waals surface area (Å²) in [6.07, 6.45) is 0. The molecule has 1 amide bonds. The average Bonchev–Trinajstić information content (AvgIpc) is 2.48. The summed E-state index contributed by atoms with van der Waals surface area (Å²) in [5.74, 6) is -0.856. The van der Waals surface area contributed by atoms with E-state index < -0.39 is 17.8 Å². The first kappa shape index (κ1) is 14.2. The molecule has 0 aliphatic carbocycles. The van der Waals surface area contributed by atoms with Crippen LogP contribution in [-0.4, -0.2) is 17.6 Å². The molecule has 3 nitrogen and oxygen atoms in total. The van der Waals surface area contributed by atoms with Crippen LogP contribution in [-0.2, 0) is 0 Å². The van der Waals surface area contributed by atoms with E-state index in [1.54, 1.807) is 13.0 Å². The summed E-state index contributed by atoms with van der Waals surface area (Å²) in [6.45, 7) is 1.52. The van der Waals surface area contributed by atoms with Gasteiger partial charge in [-0.2, -0.15) is 0 Å². The molecule has 0 fully saturated rings. The van der Waals surface area contributed by atoms with Crippen molar-refractivity contribution in [2.75, 3.05) is 6.61 Å². The molecule has 0 aromatic heterocycles. The number of benzene rings is 2. The Morgan fingerprint density at radius 3 is 2.60 bits per heavy atom. The number of amides is 1. The van der Waals surface area contributed by atoms with Gasteiger partial charge in [0.1, 0.15) is 5.82 Å². The van der Waals surface area contributed by atoms with E-state index in [-0.39, 0.29) is 12.2 Å². The second kappa shape index (κ2) is 6.30. The maximum Gasteiger partial charge on any atom is 0.252 e. The number of hydrogen-bond donors (Lipinski definition) is 2. The lowest BCUT2D eigenvalue weighted by molar-refractivity contribution is 0.0915. The summed E-state index contributed by atoms with van der Waals surface area (Å²) in [7, 11) is 0. The Labute approximate surface area is 117 Å². The van der Waals surface area contributed by atoms with E-state index in [0.717, 1.165) is 5.56 Å². The van der Waals surface area contributed by atoms with Crippen LogP contribution in [0.2, 0.25) is 0 Å². The lowest BCUT2D eigenvalue weighted by atomic mass is 10.0. The summed E-state index contributed by atoms with van der Waals surface area (Å²) in [5, 5.41) is 12.1. The van der Waals surface area contributed by atoms with Crippen LogP contribution in [0.15, 0.2) is 48.5 Å². The SMILES string of the molecule is Cc1ccc(F)cc1C(=O)N[C@H](CO)c1ccccc1. The van der Waals surface area contributed by atoms with Gasteiger partial charge < -0.3 is 10.4 Å². The van der Waals surface area contributed by atoms with Crippen molar-refractivity contribution in [3.63, 3.8) is 0 Å². The Balaban J connectivity index is 2.20. The van der Waals surface area contributed by atoms with E-state index in [0.29, 0.717) is 5.56 Å². The van der Waals surface area contributed by atoms with Crippen molar-refractivity contribution in [1.29, 1.82) is 0 Å². The number of rotatable bonds is 4. The molecular weight excluding hydrogens is 257 g/mol. The highest BCUT2D eigenvalue weighted by Crippen LogP contribution is 2.15. The van der Waals surface area contributed by atoms with Gasteiger partial charge in [-0.05, 0) is 30.2 Å². The van der Waals surface area contributed by atoms with E-state index >= 15 is 0 Å². The largest absolute Gasteiger partial charge is 0.394 e. The minimum Gasteiger partial charge on any atom is -0.394 e. The Kier molecular flexibility index (Phi) is 4.48. The van der Waals surface area contributed by atoms with Gasteiger partial charge in [0.25, 0.3) is 5.91 Å². The molecule has 20 heavy (non-hydrogen) atoms. The molecule has 4 heteroatoms. The van der Waals surface area contributed by atoms with Gasteiger partial charge in [-0.1, -0.05) is 36.4 Å². The fourth-order valence-electron chi connectivity index (χ4n) is 1.99. The molecule has 0 saturated heterocycles. The van der Waals surface area contributed by atoms with Crippen molar-refractivity contribution < 1.29 is 14.3 Å². The predicted octanol–water partition coefficient (Wildman–Crippen LogP) is 2.60. The third kappa shape index (κ3) is 3.22. The molecule has 0 radical (unpaired) electrons. The predicted molar refractivity (Wildman–Crippen MR) is 74.9 cm³/mol. The Morgan fingerprint density at radius 2 is 1.95 bits per heavy atom. The second-order valence-electron chi connectivity index (χ2n) is 4.58. The van der Waals surface area contributed by atoms with Crippen LogP contribution >= 0.6 is 0 Å². The van der Waals surface area contributed by atoms with E-state index in [9.17, 15) is 14.3 Å². The summed E-state index contributed by atoms with van der Waals surface area (Å²) in [6, 6.07) is 12.7. The number of aryl methyl sites for hydroxylation is 1. The van der Waals surface area contributed by atoms with Crippen LogP contribution in [0.5, 0.6) is 0 Å². The van der Waals surface area contributed by atoms with Gasteiger partial charge in [0.15, 0.2) is 0 Å². The summed E-state index contributed by atoms with van der Waals surface area (Å²) in [5.41, 5.74) is 1.77. The normalized spacial score (nSPS) is 11.9. The lowest BCUT2D eigenvalue weighted by Crippen LogP contribution is -2.31. The van der Waals surface area contributed by atoms with Crippen LogP contribution in [0.25, 0.3) is 0 Å². The smallest absolute Gasteiger partial charge is 0.252 e. The van der Waals surface area contributed by atoms with Crippen molar-refractivity contribution in [2.45, 2.75) is 13.0 Å². The highest BCUT2D eigenvalue weighted by molar-refractivity contribution is 5.95. The zero-order valence-electron chi connectivity index (χ0n) is 11.1. The lowest BCUT2D eigenvalue weighted by Gasteiger charge is -2.17. The van der Waals surface area contributed by atoms with Crippen LogP contribution in [0.3, 0.4) is 0 Å². The molecule has 1 atom stereocenters. The molecule has 0 spiro atoms. The second-order valence-corrected chi connectivity index (χ2v) is 4.58. The molecule has 0 unspecified atom stereocenters. The fraction of sp³-hybridized carbons (Fsp3) is 0.188. The Hall–Kier alpha value is -2.20. The number of carbonyl (C=O) groups is 1. The number of aliphatic hydroxyl groups is 1. The average molecular weight is 273 g/mol. The minimum atomic E-state index is -0.508. The van der Waals surface area contributed by atoms with Crippen molar-refractivity contribution >= 4 is 5.91 Å². The highest BCUT2D eigenvalue weighted by Gasteiger charge is 2.16. The van der Waals surface area contributed by atoms with E-state index in [4.69, 9.17) is 0 Å². The zero-order valence-corrected chi connectivity index (χ0v) is 11.1. The van der Waals surface area contributed by atoms with Crippen molar-refractivity contribution in [1.82, 2.24) is 5.32 Å². The minimum absolute atomic E-state index is 0.218. The fourth-order valence-corrected chi connectivity index (χ4v) is 1.99. The van der Waals surface area contributed by atoms with Crippen LogP contribution in [0.4, 0.5) is 4.39 Å². The molecule has 2 rings (SSSR count). The summed E-state index contributed by atoms with van der Waals surface area (Å²) in [4.78, 5) is 12.2. The van der Waals surface area contributed by atoms with Crippen LogP contribution in [0, 0.1) is 12.7 Å². The van der Waals surface area contributed by atoms with Gasteiger partial charge in [-0.25, -0.2) is 4.39 Å². The van der Waals surface area contributed by atoms with Gasteiger partial charge in [0.2, 0.25) is 0 Å². The highest BCUT2D eigenvalue weighted by atomic mass is 19.1. The van der Waals surface area contributed by atoms with E-state index in [2.05, 4.69) is 5.32 Å². The van der Waals surface area contributed by atoms with Gasteiger partial charge >= 0.3 is 0 Å². The summed E-state index contributed by atoms with van der Waals surface area (Å²) >= 11 is 0. The first-order valence-corrected chi connectivity index (χ1v) is 6.34. The molecule has 2 aromatic carbocycles. The van der Waals surface area contributed by atoms with Crippen molar-refractivity contribution in [3.8, 4) is 0 Å². The molecule has 0 aliphatic rings. The number of halogens is 1. The molecule has 0 saturated carbocycles. The topological polar surface area (TPSA) is 49.3 Å². The van der Waals surface area contributed by atoms with Gasteiger partial charge in [-0.3, -0.25) is 4.79 Å². The first-order valence-electron chi connectivity index (χ1n) is 6.34. The van der Waals surface area contributed by atoms with E-state index in [1.807, 2.05) is 30.3 Å². The standard InChI is InChI=1S/C16H16FNO2/c1-11-7-8-13(17)9-14(11)16(20)18-15(10-19)12-5-3-2-4-6-12/h2-9,15,19H,10H2,1H3,(H,18,20)/t15-/m1/s1. The van der Waals surface area contributed by atoms with Gasteiger partial charge in [0.05, 0.1) is 12.6 Å². The van der Waals surface area contributed by atoms with Crippen LogP contribution in [0.1, 0.15) is 27.5 Å². The molecule has 104 valence electrons. The molecule has 2 aromatic rings. The van der Waals surface area contributed by atoms with Gasteiger partial charge in [0, 0.05) is 5.56 Å². The molecule has 0 bridgehead atoms. The first-order chi connectivity index (χ1) is 9.61. The molecule has 0 heterocycles. The van der Waals surface area contributed by atoms with Crippen molar-refractivity contribution in [3.05, 3.63) is 71.0 Å². The van der Waals surface area contributed by atoms with E-state index in [1.165, 1.54) is 12.1 Å². The number of aliphatic hydroxyl groups excluding tert-OH is 1. The van der Waals surface area contributed by atoms with Gasteiger partial charge in [-0.15, -0.1) is 0 Å². The monoisotopic (exact) mass is 273 g/mol. The Morgan fingerprint density at radius 1 is 1.25 bits per heavy atom. The molecule has 2 N–H and O–H groups in total. The quantitative estimate of drug-likeness (QED) is 0.899. The third-order valence-corrected chi connectivity index (χ3v) is 3.13. The van der Waals surface area contributed by atoms with Crippen LogP contribution < -0.4 is 5.32 Å². The van der Waals surface area contributed by atoms with Crippen molar-refractivity contribution in [2.24, 2.45) is 0 Å². The maximum absolute atomic E-state index is 13.2. The Bertz CT molecular complexity index is 599. The number of carbonyl (C=O) groups excluding carboxylic acids is 1.